The van der Waals surface area contributed by atoms with E-state index in [1.54, 1.807) is 11.6 Å². The van der Waals surface area contributed by atoms with Crippen LogP contribution in [0.2, 0.25) is 5.02 Å². The summed E-state index contributed by atoms with van der Waals surface area (Å²) >= 11 is 7.60. The van der Waals surface area contributed by atoms with Crippen LogP contribution in [0.25, 0.3) is 10.2 Å². The number of aryl methyl sites for hydroxylation is 2. The summed E-state index contributed by atoms with van der Waals surface area (Å²) in [5, 5.41) is 7.98. The average Bonchev–Trinajstić information content (AvgIpc) is 2.99. The van der Waals surface area contributed by atoms with Crippen LogP contribution >= 0.6 is 22.9 Å². The molecule has 0 spiro atoms. The first-order valence-corrected chi connectivity index (χ1v) is 7.69. The SMILES string of the molecule is CCn1nc(C)c(Cl)c1C(=O)Nc1nc2ccccc2s1. The Kier molecular flexibility index (Phi) is 3.65. The van der Waals surface area contributed by atoms with E-state index in [1.165, 1.54) is 11.3 Å². The number of nitrogens with one attached hydrogen (secondary N) is 1. The second kappa shape index (κ2) is 5.46. The van der Waals surface area contributed by atoms with E-state index in [0.717, 1.165) is 10.2 Å². The Labute approximate surface area is 130 Å². The molecule has 0 aliphatic carbocycles. The molecule has 3 rings (SSSR count). The van der Waals surface area contributed by atoms with Crippen LogP contribution in [0.15, 0.2) is 24.3 Å². The molecule has 0 bridgehead atoms. The fourth-order valence-corrected chi connectivity index (χ4v) is 3.17. The number of thiazole rings is 1. The Morgan fingerprint density at radius 2 is 2.19 bits per heavy atom. The molecule has 0 aliphatic heterocycles. The number of hydrogen-bond donors (Lipinski definition) is 1. The Bertz CT molecular complexity index is 791. The molecule has 2 heterocycles. The van der Waals surface area contributed by atoms with Crippen LogP contribution in [0.3, 0.4) is 0 Å². The number of aromatic nitrogens is 3. The Morgan fingerprint density at radius 3 is 2.90 bits per heavy atom. The average molecular weight is 321 g/mol. The summed E-state index contributed by atoms with van der Waals surface area (Å²) in [7, 11) is 0. The lowest BCUT2D eigenvalue weighted by molar-refractivity contribution is 0.101. The third kappa shape index (κ3) is 2.52. The molecule has 21 heavy (non-hydrogen) atoms. The van der Waals surface area contributed by atoms with Crippen LogP contribution in [-0.2, 0) is 6.54 Å². The highest BCUT2D eigenvalue weighted by Crippen LogP contribution is 2.27. The van der Waals surface area contributed by atoms with Gasteiger partial charge in [-0.3, -0.25) is 14.8 Å². The summed E-state index contributed by atoms with van der Waals surface area (Å²) in [6, 6.07) is 7.74. The van der Waals surface area contributed by atoms with Gasteiger partial charge in [-0.1, -0.05) is 35.1 Å². The number of anilines is 1. The summed E-state index contributed by atoms with van der Waals surface area (Å²) in [5.41, 5.74) is 1.88. The number of rotatable bonds is 3. The lowest BCUT2D eigenvalue weighted by Crippen LogP contribution is -2.17. The standard InChI is InChI=1S/C14H13ClN4OS/c1-3-19-12(11(15)8(2)18-19)13(20)17-14-16-9-6-4-5-7-10(9)21-14/h4-7H,3H2,1-2H3,(H,16,17,20). The van der Waals surface area contributed by atoms with Gasteiger partial charge in [0.15, 0.2) is 5.13 Å². The van der Waals surface area contributed by atoms with E-state index in [4.69, 9.17) is 11.6 Å². The number of benzene rings is 1. The minimum Gasteiger partial charge on any atom is -0.296 e. The number of halogens is 1. The minimum absolute atomic E-state index is 0.290. The molecule has 1 amide bonds. The first-order chi connectivity index (χ1) is 10.1. The fourth-order valence-electron chi connectivity index (χ4n) is 2.09. The zero-order valence-corrected chi connectivity index (χ0v) is 13.1. The molecule has 7 heteroatoms. The maximum Gasteiger partial charge on any atom is 0.277 e. The summed E-state index contributed by atoms with van der Waals surface area (Å²) in [6.07, 6.45) is 0. The highest BCUT2D eigenvalue weighted by molar-refractivity contribution is 7.22. The van der Waals surface area contributed by atoms with Crippen LogP contribution in [0.4, 0.5) is 5.13 Å². The fraction of sp³-hybridized carbons (Fsp3) is 0.214. The van der Waals surface area contributed by atoms with Crippen molar-refractivity contribution >= 4 is 44.2 Å². The van der Waals surface area contributed by atoms with Gasteiger partial charge in [-0.05, 0) is 26.0 Å². The molecule has 0 saturated carbocycles. The summed E-state index contributed by atoms with van der Waals surface area (Å²) < 4.78 is 2.62. The monoisotopic (exact) mass is 320 g/mol. The van der Waals surface area contributed by atoms with Crippen molar-refractivity contribution in [2.75, 3.05) is 5.32 Å². The van der Waals surface area contributed by atoms with Crippen molar-refractivity contribution in [2.24, 2.45) is 0 Å². The number of fused-ring (bicyclic) bond motifs is 1. The van der Waals surface area contributed by atoms with Gasteiger partial charge in [0, 0.05) is 6.54 Å². The Balaban J connectivity index is 1.92. The molecular weight excluding hydrogens is 308 g/mol. The van der Waals surface area contributed by atoms with E-state index < -0.39 is 0 Å². The van der Waals surface area contributed by atoms with Gasteiger partial charge in [-0.15, -0.1) is 0 Å². The van der Waals surface area contributed by atoms with Crippen molar-refractivity contribution in [1.82, 2.24) is 14.8 Å². The number of carbonyl (C=O) groups is 1. The minimum atomic E-state index is -0.290. The van der Waals surface area contributed by atoms with Crippen molar-refractivity contribution in [3.05, 3.63) is 40.7 Å². The molecule has 5 nitrogen and oxygen atoms in total. The van der Waals surface area contributed by atoms with Gasteiger partial charge in [0.1, 0.15) is 5.69 Å². The summed E-state index contributed by atoms with van der Waals surface area (Å²) in [6.45, 7) is 4.27. The smallest absolute Gasteiger partial charge is 0.277 e. The third-order valence-electron chi connectivity index (χ3n) is 3.08. The van der Waals surface area contributed by atoms with Crippen molar-refractivity contribution in [1.29, 1.82) is 0 Å². The molecule has 0 fully saturated rings. The van der Waals surface area contributed by atoms with Crippen molar-refractivity contribution in [3.8, 4) is 0 Å². The lowest BCUT2D eigenvalue weighted by Gasteiger charge is -2.04. The first kappa shape index (κ1) is 14.0. The molecule has 0 radical (unpaired) electrons. The zero-order valence-electron chi connectivity index (χ0n) is 11.6. The quantitative estimate of drug-likeness (QED) is 0.800. The highest BCUT2D eigenvalue weighted by atomic mass is 35.5. The van der Waals surface area contributed by atoms with Crippen LogP contribution in [-0.4, -0.2) is 20.7 Å². The van der Waals surface area contributed by atoms with E-state index in [-0.39, 0.29) is 5.91 Å². The third-order valence-corrected chi connectivity index (χ3v) is 4.49. The number of amides is 1. The number of para-hydroxylation sites is 1. The molecule has 0 saturated heterocycles. The Hall–Kier alpha value is -1.92. The number of hydrogen-bond acceptors (Lipinski definition) is 4. The molecule has 108 valence electrons. The van der Waals surface area contributed by atoms with Gasteiger partial charge in [0.05, 0.1) is 20.9 Å². The van der Waals surface area contributed by atoms with Crippen LogP contribution in [0.1, 0.15) is 23.1 Å². The zero-order chi connectivity index (χ0) is 15.0. The number of carbonyl (C=O) groups excluding carboxylic acids is 1. The van der Waals surface area contributed by atoms with Crippen LogP contribution < -0.4 is 5.32 Å². The van der Waals surface area contributed by atoms with Gasteiger partial charge < -0.3 is 0 Å². The van der Waals surface area contributed by atoms with E-state index in [9.17, 15) is 4.79 Å². The van der Waals surface area contributed by atoms with Crippen molar-refractivity contribution in [3.63, 3.8) is 0 Å². The normalized spacial score (nSPS) is 11.0. The van der Waals surface area contributed by atoms with E-state index >= 15 is 0 Å². The Morgan fingerprint density at radius 1 is 1.43 bits per heavy atom. The van der Waals surface area contributed by atoms with Gasteiger partial charge in [0.2, 0.25) is 0 Å². The molecule has 0 unspecified atom stereocenters. The topological polar surface area (TPSA) is 59.8 Å². The molecule has 1 N–H and O–H groups in total. The van der Waals surface area contributed by atoms with Gasteiger partial charge >= 0.3 is 0 Å². The predicted octanol–water partition coefficient (Wildman–Crippen LogP) is 3.73. The summed E-state index contributed by atoms with van der Waals surface area (Å²) in [4.78, 5) is 16.8. The summed E-state index contributed by atoms with van der Waals surface area (Å²) in [5.74, 6) is -0.290. The van der Waals surface area contributed by atoms with E-state index in [2.05, 4.69) is 15.4 Å². The lowest BCUT2D eigenvalue weighted by atomic mass is 10.3. The molecule has 2 aromatic heterocycles. The maximum absolute atomic E-state index is 12.4. The number of nitrogens with zero attached hydrogens (tertiary/aromatic N) is 3. The van der Waals surface area contributed by atoms with Crippen LogP contribution in [0, 0.1) is 6.92 Å². The van der Waals surface area contributed by atoms with Crippen LogP contribution in [0.5, 0.6) is 0 Å². The maximum atomic E-state index is 12.4. The van der Waals surface area contributed by atoms with E-state index in [1.807, 2.05) is 31.2 Å². The van der Waals surface area contributed by atoms with Crippen molar-refractivity contribution in [2.45, 2.75) is 20.4 Å². The molecular formula is C14H13ClN4OS. The van der Waals surface area contributed by atoms with Gasteiger partial charge in [-0.2, -0.15) is 5.10 Å². The van der Waals surface area contributed by atoms with Crippen molar-refractivity contribution < 1.29 is 4.79 Å². The highest BCUT2D eigenvalue weighted by Gasteiger charge is 2.20. The molecule has 0 atom stereocenters. The van der Waals surface area contributed by atoms with E-state index in [0.29, 0.717) is 28.1 Å². The second-order valence-electron chi connectivity index (χ2n) is 4.50. The second-order valence-corrected chi connectivity index (χ2v) is 5.91. The molecule has 1 aromatic carbocycles. The van der Waals surface area contributed by atoms with Gasteiger partial charge in [-0.25, -0.2) is 4.98 Å². The van der Waals surface area contributed by atoms with Gasteiger partial charge in [0.25, 0.3) is 5.91 Å². The predicted molar refractivity (Wildman–Crippen MR) is 85.2 cm³/mol. The molecule has 3 aromatic rings. The first-order valence-electron chi connectivity index (χ1n) is 6.50. The largest absolute Gasteiger partial charge is 0.296 e. The molecule has 0 aliphatic rings.